The van der Waals surface area contributed by atoms with Gasteiger partial charge in [-0.2, -0.15) is 0 Å². The van der Waals surface area contributed by atoms with Crippen molar-refractivity contribution in [3.05, 3.63) is 16.1 Å². The summed E-state index contributed by atoms with van der Waals surface area (Å²) in [7, 11) is 0. The average Bonchev–Trinajstić information content (AvgIpc) is 2.90. The van der Waals surface area contributed by atoms with Gasteiger partial charge in [0.05, 0.1) is 11.6 Å². The Kier molecular flexibility index (Phi) is 12.9. The smallest absolute Gasteiger partial charge is 0.188 e. The van der Waals surface area contributed by atoms with E-state index >= 15 is 0 Å². The largest absolute Gasteiger partial charge is 0.370 e. The first-order chi connectivity index (χ1) is 10.1. The Morgan fingerprint density at radius 3 is 2.64 bits per heavy atom. The molecule has 0 spiro atoms. The first kappa shape index (κ1) is 21.6. The third-order valence-electron chi connectivity index (χ3n) is 3.43. The van der Waals surface area contributed by atoms with E-state index in [0.717, 1.165) is 17.2 Å². The Labute approximate surface area is 156 Å². The number of aromatic nitrogens is 1. The van der Waals surface area contributed by atoms with E-state index in [1.165, 1.54) is 38.5 Å². The Hall–Kier alpha value is -0.370. The highest BCUT2D eigenvalue weighted by Gasteiger charge is 2.08. The van der Waals surface area contributed by atoms with Gasteiger partial charge in [-0.3, -0.25) is 4.99 Å². The standard InChI is InChI=1S/C16H30N4S.HI/c1-4-5-6-7-8-9-10-18-16(17)19-11-13(2)15-20-14(3)12-21-15;/h12-13H,4-11H2,1-3H3,(H3,17,18,19);1H. The molecular formula is C16H31IN4S. The van der Waals surface area contributed by atoms with Gasteiger partial charge >= 0.3 is 0 Å². The van der Waals surface area contributed by atoms with Crippen LogP contribution in [0.2, 0.25) is 0 Å². The number of halogens is 1. The van der Waals surface area contributed by atoms with Crippen molar-refractivity contribution >= 4 is 41.3 Å². The van der Waals surface area contributed by atoms with Crippen molar-refractivity contribution in [3.8, 4) is 0 Å². The van der Waals surface area contributed by atoms with Crippen molar-refractivity contribution in [1.29, 1.82) is 0 Å². The van der Waals surface area contributed by atoms with Crippen LogP contribution in [0.25, 0.3) is 0 Å². The lowest BCUT2D eigenvalue weighted by Gasteiger charge is -2.08. The molecule has 1 heterocycles. The Morgan fingerprint density at radius 1 is 1.32 bits per heavy atom. The molecule has 1 atom stereocenters. The topological polar surface area (TPSA) is 63.3 Å². The average molecular weight is 438 g/mol. The molecule has 0 saturated carbocycles. The molecule has 6 heteroatoms. The van der Waals surface area contributed by atoms with E-state index in [9.17, 15) is 0 Å². The summed E-state index contributed by atoms with van der Waals surface area (Å²) >= 11 is 1.70. The molecule has 0 saturated heterocycles. The van der Waals surface area contributed by atoms with Gasteiger partial charge in [-0.15, -0.1) is 35.3 Å². The monoisotopic (exact) mass is 438 g/mol. The van der Waals surface area contributed by atoms with Crippen LogP contribution in [0.5, 0.6) is 0 Å². The molecule has 0 aromatic carbocycles. The molecule has 4 nitrogen and oxygen atoms in total. The van der Waals surface area contributed by atoms with E-state index in [0.29, 0.717) is 18.4 Å². The highest BCUT2D eigenvalue weighted by Crippen LogP contribution is 2.19. The zero-order chi connectivity index (χ0) is 15.5. The number of aryl methyl sites for hydroxylation is 1. The molecule has 0 radical (unpaired) electrons. The van der Waals surface area contributed by atoms with Gasteiger partial charge in [0, 0.05) is 23.5 Å². The number of hydrogen-bond donors (Lipinski definition) is 2. The summed E-state index contributed by atoms with van der Waals surface area (Å²) < 4.78 is 0. The molecule has 3 N–H and O–H groups in total. The normalized spacial score (nSPS) is 12.8. The number of aliphatic imine (C=N–C) groups is 1. The van der Waals surface area contributed by atoms with Crippen LogP contribution in [-0.2, 0) is 0 Å². The third-order valence-corrected chi connectivity index (χ3v) is 4.62. The zero-order valence-corrected chi connectivity index (χ0v) is 17.2. The number of unbranched alkanes of at least 4 members (excludes halogenated alkanes) is 5. The van der Waals surface area contributed by atoms with Crippen LogP contribution >= 0.6 is 35.3 Å². The number of thiazole rings is 1. The number of guanidine groups is 1. The van der Waals surface area contributed by atoms with Gasteiger partial charge in [0.15, 0.2) is 5.96 Å². The molecule has 1 rings (SSSR count). The van der Waals surface area contributed by atoms with E-state index in [1.807, 2.05) is 6.92 Å². The van der Waals surface area contributed by atoms with Crippen molar-refractivity contribution in [2.75, 3.05) is 13.1 Å². The van der Waals surface area contributed by atoms with Crippen LogP contribution in [0.4, 0.5) is 0 Å². The predicted molar refractivity (Wildman–Crippen MR) is 109 cm³/mol. The lowest BCUT2D eigenvalue weighted by Crippen LogP contribution is -2.32. The van der Waals surface area contributed by atoms with Gasteiger partial charge in [-0.05, 0) is 13.3 Å². The van der Waals surface area contributed by atoms with Gasteiger partial charge < -0.3 is 11.1 Å². The van der Waals surface area contributed by atoms with E-state index in [4.69, 9.17) is 5.73 Å². The van der Waals surface area contributed by atoms with Crippen LogP contribution in [0.1, 0.15) is 69.0 Å². The summed E-state index contributed by atoms with van der Waals surface area (Å²) in [5.74, 6) is 0.891. The zero-order valence-electron chi connectivity index (χ0n) is 14.1. The van der Waals surface area contributed by atoms with Gasteiger partial charge in [0.25, 0.3) is 0 Å². The van der Waals surface area contributed by atoms with Crippen LogP contribution in [0.15, 0.2) is 10.4 Å². The van der Waals surface area contributed by atoms with E-state index in [2.05, 4.69) is 34.5 Å². The lowest BCUT2D eigenvalue weighted by atomic mass is 10.1. The van der Waals surface area contributed by atoms with Crippen LogP contribution < -0.4 is 11.1 Å². The fraction of sp³-hybridized carbons (Fsp3) is 0.750. The summed E-state index contributed by atoms with van der Waals surface area (Å²) in [6, 6.07) is 0. The van der Waals surface area contributed by atoms with E-state index in [1.54, 1.807) is 11.3 Å². The number of hydrogen-bond acceptors (Lipinski definition) is 3. The Bertz CT molecular complexity index is 420. The van der Waals surface area contributed by atoms with Crippen molar-refractivity contribution in [3.63, 3.8) is 0 Å². The second-order valence-corrected chi connectivity index (χ2v) is 6.54. The fourth-order valence-electron chi connectivity index (χ4n) is 2.09. The maximum atomic E-state index is 5.89. The molecule has 0 aliphatic carbocycles. The first-order valence-corrected chi connectivity index (χ1v) is 8.97. The molecule has 128 valence electrons. The van der Waals surface area contributed by atoms with Gasteiger partial charge in [-0.1, -0.05) is 46.0 Å². The first-order valence-electron chi connectivity index (χ1n) is 8.09. The minimum atomic E-state index is 0. The minimum Gasteiger partial charge on any atom is -0.370 e. The van der Waals surface area contributed by atoms with E-state index < -0.39 is 0 Å². The molecule has 0 aliphatic heterocycles. The molecule has 1 aromatic heterocycles. The number of nitrogens with two attached hydrogens (primary N) is 1. The van der Waals surface area contributed by atoms with Gasteiger partial charge in [0.1, 0.15) is 0 Å². The second-order valence-electron chi connectivity index (χ2n) is 5.65. The molecule has 0 amide bonds. The Morgan fingerprint density at radius 2 is 2.00 bits per heavy atom. The molecule has 1 aromatic rings. The highest BCUT2D eigenvalue weighted by molar-refractivity contribution is 14.0. The van der Waals surface area contributed by atoms with Crippen molar-refractivity contribution in [2.24, 2.45) is 10.7 Å². The Balaban J connectivity index is 0.00000441. The summed E-state index contributed by atoms with van der Waals surface area (Å²) in [6.45, 7) is 8.02. The number of nitrogens with one attached hydrogen (secondary N) is 1. The molecule has 1 unspecified atom stereocenters. The molecule has 0 fully saturated rings. The van der Waals surface area contributed by atoms with Gasteiger partial charge in [-0.25, -0.2) is 4.98 Å². The van der Waals surface area contributed by atoms with E-state index in [-0.39, 0.29) is 24.0 Å². The SMILES string of the molecule is CCCCCCCCNC(N)=NCC(C)c1nc(C)cs1.I. The van der Waals surface area contributed by atoms with Crippen molar-refractivity contribution in [1.82, 2.24) is 10.3 Å². The summed E-state index contributed by atoms with van der Waals surface area (Å²) in [5.41, 5.74) is 6.97. The van der Waals surface area contributed by atoms with Crippen LogP contribution in [0.3, 0.4) is 0 Å². The fourth-order valence-corrected chi connectivity index (χ4v) is 2.94. The highest BCUT2D eigenvalue weighted by atomic mass is 127. The molecular weight excluding hydrogens is 407 g/mol. The summed E-state index contributed by atoms with van der Waals surface area (Å²) in [5, 5.41) is 6.41. The summed E-state index contributed by atoms with van der Waals surface area (Å²) in [6.07, 6.45) is 7.77. The maximum absolute atomic E-state index is 5.89. The number of rotatable bonds is 10. The van der Waals surface area contributed by atoms with Crippen LogP contribution in [0, 0.1) is 6.92 Å². The van der Waals surface area contributed by atoms with Gasteiger partial charge in [0.2, 0.25) is 0 Å². The second kappa shape index (κ2) is 13.1. The molecule has 0 bridgehead atoms. The molecule has 22 heavy (non-hydrogen) atoms. The predicted octanol–water partition coefficient (Wildman–Crippen LogP) is 4.44. The number of nitrogens with zero attached hydrogens (tertiary/aromatic N) is 2. The van der Waals surface area contributed by atoms with Crippen molar-refractivity contribution in [2.45, 2.75) is 65.2 Å². The lowest BCUT2D eigenvalue weighted by molar-refractivity contribution is 0.601. The van der Waals surface area contributed by atoms with Crippen molar-refractivity contribution < 1.29 is 0 Å². The minimum absolute atomic E-state index is 0. The summed E-state index contributed by atoms with van der Waals surface area (Å²) in [4.78, 5) is 8.89. The quantitative estimate of drug-likeness (QED) is 0.246. The maximum Gasteiger partial charge on any atom is 0.188 e. The third kappa shape index (κ3) is 9.61. The molecule has 0 aliphatic rings. The van der Waals surface area contributed by atoms with Crippen LogP contribution in [-0.4, -0.2) is 24.0 Å².